The van der Waals surface area contributed by atoms with E-state index in [0.29, 0.717) is 30.3 Å². The van der Waals surface area contributed by atoms with Gasteiger partial charge in [-0.3, -0.25) is 0 Å². The molecule has 1 aromatic carbocycles. The molecule has 0 aromatic heterocycles. The zero-order chi connectivity index (χ0) is 10.8. The molecule has 0 fully saturated rings. The smallest absolute Gasteiger partial charge is 0.166 e. The molecule has 82 valence electrons. The van der Waals surface area contributed by atoms with Crippen LogP contribution in [-0.4, -0.2) is 30.0 Å². The number of phenolic OH excluding ortho intramolecular Hbond substituents is 1. The van der Waals surface area contributed by atoms with Crippen molar-refractivity contribution < 1.29 is 19.7 Å². The Morgan fingerprint density at radius 3 is 2.80 bits per heavy atom. The van der Waals surface area contributed by atoms with Crippen LogP contribution in [0.5, 0.6) is 17.2 Å². The molecule has 1 unspecified atom stereocenters. The Balaban J connectivity index is 2.47. The molecule has 1 aliphatic rings. The molecule has 1 heterocycles. The van der Waals surface area contributed by atoms with Gasteiger partial charge >= 0.3 is 0 Å². The van der Waals surface area contributed by atoms with Crippen molar-refractivity contribution >= 4 is 0 Å². The third-order valence-corrected chi connectivity index (χ3v) is 2.25. The largest absolute Gasteiger partial charge is 0.508 e. The summed E-state index contributed by atoms with van der Waals surface area (Å²) >= 11 is 0. The van der Waals surface area contributed by atoms with Gasteiger partial charge in [-0.1, -0.05) is 0 Å². The maximum absolute atomic E-state index is 9.44. The molecule has 1 aromatic rings. The highest BCUT2D eigenvalue weighted by Gasteiger charge is 2.21. The number of rotatable bonds is 2. The zero-order valence-electron chi connectivity index (χ0n) is 8.14. The lowest BCUT2D eigenvalue weighted by Crippen LogP contribution is -2.21. The highest BCUT2D eigenvalue weighted by molar-refractivity contribution is 5.53. The van der Waals surface area contributed by atoms with E-state index in [-0.39, 0.29) is 12.4 Å². The van der Waals surface area contributed by atoms with Gasteiger partial charge in [0.05, 0.1) is 12.6 Å². The molecule has 5 nitrogen and oxygen atoms in total. The van der Waals surface area contributed by atoms with Gasteiger partial charge < -0.3 is 25.4 Å². The summed E-state index contributed by atoms with van der Waals surface area (Å²) in [6.45, 7) is 0.687. The molecular weight excluding hydrogens is 198 g/mol. The van der Waals surface area contributed by atoms with Gasteiger partial charge in [0.2, 0.25) is 0 Å². The fraction of sp³-hybridized carbons (Fsp3) is 0.400. The van der Waals surface area contributed by atoms with Gasteiger partial charge in [-0.25, -0.2) is 0 Å². The zero-order valence-corrected chi connectivity index (χ0v) is 8.14. The Morgan fingerprint density at radius 1 is 1.33 bits per heavy atom. The number of benzene rings is 1. The summed E-state index contributed by atoms with van der Waals surface area (Å²) in [5.74, 6) is 1.04. The van der Waals surface area contributed by atoms with Crippen molar-refractivity contribution in [3.8, 4) is 17.2 Å². The molecule has 0 radical (unpaired) electrons. The monoisotopic (exact) mass is 211 g/mol. The number of aromatic hydroxyl groups is 1. The Hall–Kier alpha value is -1.46. The molecule has 0 spiro atoms. The first-order chi connectivity index (χ1) is 7.22. The van der Waals surface area contributed by atoms with Gasteiger partial charge in [0.1, 0.15) is 19.0 Å². The summed E-state index contributed by atoms with van der Waals surface area (Å²) in [5.41, 5.74) is 6.25. The van der Waals surface area contributed by atoms with Gasteiger partial charge in [0, 0.05) is 11.6 Å². The number of fused-ring (bicyclic) bond motifs is 1. The number of hydrogen-bond donors (Lipinski definition) is 3. The standard InChI is InChI=1S/C10H13NO4/c11-8(5-12)7-3-6(13)4-9-10(7)15-2-1-14-9/h3-4,8,12-13H,1-2,5,11H2. The van der Waals surface area contributed by atoms with Crippen LogP contribution in [0, 0.1) is 0 Å². The molecule has 0 saturated heterocycles. The Kier molecular flexibility index (Phi) is 2.66. The maximum Gasteiger partial charge on any atom is 0.166 e. The van der Waals surface area contributed by atoms with Crippen molar-refractivity contribution in [2.45, 2.75) is 6.04 Å². The number of hydrogen-bond acceptors (Lipinski definition) is 5. The Labute approximate surface area is 87.0 Å². The molecular formula is C10H13NO4. The first-order valence-corrected chi connectivity index (χ1v) is 4.71. The van der Waals surface area contributed by atoms with Crippen molar-refractivity contribution in [1.82, 2.24) is 0 Å². The van der Waals surface area contributed by atoms with Crippen molar-refractivity contribution in [3.63, 3.8) is 0 Å². The van der Waals surface area contributed by atoms with Crippen LogP contribution < -0.4 is 15.2 Å². The lowest BCUT2D eigenvalue weighted by molar-refractivity contribution is 0.166. The Morgan fingerprint density at radius 2 is 2.07 bits per heavy atom. The SMILES string of the molecule is NC(CO)c1cc(O)cc2c1OCCO2. The van der Waals surface area contributed by atoms with Gasteiger partial charge in [-0.05, 0) is 6.07 Å². The van der Waals surface area contributed by atoms with E-state index < -0.39 is 6.04 Å². The van der Waals surface area contributed by atoms with Crippen LogP contribution in [0.1, 0.15) is 11.6 Å². The molecule has 15 heavy (non-hydrogen) atoms. The minimum atomic E-state index is -0.576. The van der Waals surface area contributed by atoms with E-state index in [4.69, 9.17) is 20.3 Å². The summed E-state index contributed by atoms with van der Waals surface area (Å²) in [5, 5.41) is 18.4. The molecule has 4 N–H and O–H groups in total. The number of phenols is 1. The van der Waals surface area contributed by atoms with Crippen LogP contribution in [0.3, 0.4) is 0 Å². The lowest BCUT2D eigenvalue weighted by atomic mass is 10.1. The first kappa shape index (κ1) is 10.1. The lowest BCUT2D eigenvalue weighted by Gasteiger charge is -2.23. The van der Waals surface area contributed by atoms with Crippen LogP contribution in [0.2, 0.25) is 0 Å². The number of ether oxygens (including phenoxy) is 2. The third-order valence-electron chi connectivity index (χ3n) is 2.25. The molecule has 0 aliphatic carbocycles. The van der Waals surface area contributed by atoms with E-state index in [9.17, 15) is 5.11 Å². The predicted octanol–water partition coefficient (Wildman–Crippen LogP) is 0.155. The first-order valence-electron chi connectivity index (χ1n) is 4.71. The number of aliphatic hydroxyl groups is 1. The molecule has 0 amide bonds. The maximum atomic E-state index is 9.44. The highest BCUT2D eigenvalue weighted by atomic mass is 16.6. The highest BCUT2D eigenvalue weighted by Crippen LogP contribution is 2.39. The topological polar surface area (TPSA) is 84.9 Å². The summed E-state index contributed by atoms with van der Waals surface area (Å²) < 4.78 is 10.7. The normalized spacial score (nSPS) is 16.1. The minimum Gasteiger partial charge on any atom is -0.508 e. The fourth-order valence-corrected chi connectivity index (χ4v) is 1.54. The molecule has 2 rings (SSSR count). The molecule has 0 saturated carbocycles. The van der Waals surface area contributed by atoms with E-state index in [0.717, 1.165) is 0 Å². The van der Waals surface area contributed by atoms with Crippen molar-refractivity contribution in [2.24, 2.45) is 5.73 Å². The fourth-order valence-electron chi connectivity index (χ4n) is 1.54. The summed E-state index contributed by atoms with van der Waals surface area (Å²) in [7, 11) is 0. The second-order valence-corrected chi connectivity index (χ2v) is 3.35. The summed E-state index contributed by atoms with van der Waals surface area (Å²) in [6.07, 6.45) is 0. The average Bonchev–Trinajstić information content (AvgIpc) is 2.26. The van der Waals surface area contributed by atoms with Crippen molar-refractivity contribution in [1.29, 1.82) is 0 Å². The van der Waals surface area contributed by atoms with Gasteiger partial charge in [0.15, 0.2) is 11.5 Å². The van der Waals surface area contributed by atoms with Crippen LogP contribution in [-0.2, 0) is 0 Å². The van der Waals surface area contributed by atoms with Crippen molar-refractivity contribution in [2.75, 3.05) is 19.8 Å². The molecule has 5 heteroatoms. The van der Waals surface area contributed by atoms with E-state index in [2.05, 4.69) is 0 Å². The van der Waals surface area contributed by atoms with E-state index in [1.165, 1.54) is 12.1 Å². The number of nitrogens with two attached hydrogens (primary N) is 1. The average molecular weight is 211 g/mol. The van der Waals surface area contributed by atoms with Crippen LogP contribution in [0.15, 0.2) is 12.1 Å². The minimum absolute atomic E-state index is 0.0538. The van der Waals surface area contributed by atoms with E-state index >= 15 is 0 Å². The third kappa shape index (κ3) is 1.84. The molecule has 0 bridgehead atoms. The van der Waals surface area contributed by atoms with Crippen LogP contribution in [0.25, 0.3) is 0 Å². The van der Waals surface area contributed by atoms with Crippen LogP contribution >= 0.6 is 0 Å². The van der Waals surface area contributed by atoms with E-state index in [1.807, 2.05) is 0 Å². The van der Waals surface area contributed by atoms with Gasteiger partial charge in [-0.15, -0.1) is 0 Å². The van der Waals surface area contributed by atoms with Gasteiger partial charge in [-0.2, -0.15) is 0 Å². The number of aliphatic hydroxyl groups excluding tert-OH is 1. The van der Waals surface area contributed by atoms with Crippen LogP contribution in [0.4, 0.5) is 0 Å². The van der Waals surface area contributed by atoms with Gasteiger partial charge in [0.25, 0.3) is 0 Å². The quantitative estimate of drug-likeness (QED) is 0.648. The van der Waals surface area contributed by atoms with E-state index in [1.54, 1.807) is 0 Å². The summed E-state index contributed by atoms with van der Waals surface area (Å²) in [6, 6.07) is 2.38. The second-order valence-electron chi connectivity index (χ2n) is 3.35. The molecule has 1 aliphatic heterocycles. The summed E-state index contributed by atoms with van der Waals surface area (Å²) in [4.78, 5) is 0. The Bertz CT molecular complexity index is 367. The molecule has 1 atom stereocenters. The predicted molar refractivity (Wildman–Crippen MR) is 53.1 cm³/mol. The van der Waals surface area contributed by atoms with Crippen molar-refractivity contribution in [3.05, 3.63) is 17.7 Å². The second kappa shape index (κ2) is 3.96.